The summed E-state index contributed by atoms with van der Waals surface area (Å²) in [7, 11) is -2.55. The van der Waals surface area contributed by atoms with Crippen LogP contribution in [0.2, 0.25) is 13.1 Å². The number of fused-ring (bicyclic) bond motifs is 2. The summed E-state index contributed by atoms with van der Waals surface area (Å²) < 4.78 is 55.3. The van der Waals surface area contributed by atoms with E-state index < -0.39 is 76.9 Å². The lowest BCUT2D eigenvalue weighted by Crippen LogP contribution is -2.50. The number of ketones is 2. The monoisotopic (exact) mass is 692 g/mol. The van der Waals surface area contributed by atoms with Gasteiger partial charge in [0.15, 0.2) is 28.9 Å². The molecule has 0 spiro atoms. The van der Waals surface area contributed by atoms with Gasteiger partial charge in [-0.15, -0.1) is 11.8 Å². The van der Waals surface area contributed by atoms with E-state index >= 15 is 13.2 Å². The Morgan fingerprint density at radius 1 is 1.02 bits per heavy atom. The number of halogens is 3. The fourth-order valence-electron chi connectivity index (χ4n) is 6.94. The summed E-state index contributed by atoms with van der Waals surface area (Å²) in [5.74, 6) is -10.1. The van der Waals surface area contributed by atoms with Crippen LogP contribution in [0.5, 0.6) is 0 Å². The number of esters is 1. The molecular weight excluding hydrogens is 662 g/mol. The predicted octanol–water partition coefficient (Wildman–Crippen LogP) is 3.24. The lowest BCUT2D eigenvalue weighted by atomic mass is 9.86. The number of allylic oxidation sites excluding steroid dienone is 5. The summed E-state index contributed by atoms with van der Waals surface area (Å²) in [6.07, 6.45) is 6.07. The second kappa shape index (κ2) is 12.0. The number of Topliss-reactive ketones (excluding diaryl/α,β-unsaturated/α-hetero) is 2. The molecule has 2 aromatic carbocycles. The zero-order valence-electron chi connectivity index (χ0n) is 26.3. The first kappa shape index (κ1) is 32.3. The molecule has 3 aliphatic heterocycles. The molecule has 5 aliphatic rings. The molecule has 48 heavy (non-hydrogen) atoms. The molecule has 0 bridgehead atoms. The number of rotatable bonds is 7. The highest BCUT2D eigenvalue weighted by Gasteiger charge is 2.43. The van der Waals surface area contributed by atoms with Crippen molar-refractivity contribution in [1.82, 2.24) is 0 Å². The number of benzene rings is 2. The van der Waals surface area contributed by atoms with Gasteiger partial charge in [0.05, 0.1) is 23.0 Å². The van der Waals surface area contributed by atoms with Crippen molar-refractivity contribution in [3.05, 3.63) is 81.3 Å². The number of aromatic carboxylic acids is 1. The van der Waals surface area contributed by atoms with E-state index in [1.54, 1.807) is 12.1 Å². The van der Waals surface area contributed by atoms with Crippen LogP contribution in [0.3, 0.4) is 0 Å². The lowest BCUT2D eigenvalue weighted by molar-refractivity contribution is -0.582. The van der Waals surface area contributed by atoms with Gasteiger partial charge in [0.2, 0.25) is 6.10 Å². The van der Waals surface area contributed by atoms with Crippen LogP contribution in [0.25, 0.3) is 5.57 Å². The first-order valence-corrected chi connectivity index (χ1v) is 19.8. The van der Waals surface area contributed by atoms with E-state index in [2.05, 4.69) is 22.6 Å². The minimum atomic E-state index is -2.55. The first-order chi connectivity index (χ1) is 22.9. The van der Waals surface area contributed by atoms with Crippen LogP contribution in [-0.2, 0) is 19.1 Å². The summed E-state index contributed by atoms with van der Waals surface area (Å²) >= 11 is 0.258. The van der Waals surface area contributed by atoms with Gasteiger partial charge >= 0.3 is 5.97 Å². The van der Waals surface area contributed by atoms with Crippen LogP contribution in [0.4, 0.5) is 18.9 Å². The Hall–Kier alpha value is -4.23. The van der Waals surface area contributed by atoms with Gasteiger partial charge in [0.1, 0.15) is 27.0 Å². The van der Waals surface area contributed by atoms with Gasteiger partial charge in [-0.05, 0) is 51.7 Å². The Morgan fingerprint density at radius 2 is 1.73 bits per heavy atom. The summed E-state index contributed by atoms with van der Waals surface area (Å²) in [5, 5.41) is 14.3. The average Bonchev–Trinajstić information content (AvgIpc) is 3.30. The fourth-order valence-corrected chi connectivity index (χ4v) is 10.8. The number of carboxylic acids is 1. The van der Waals surface area contributed by atoms with Crippen molar-refractivity contribution in [2.45, 2.75) is 49.8 Å². The van der Waals surface area contributed by atoms with Crippen LogP contribution >= 0.6 is 11.8 Å². The van der Waals surface area contributed by atoms with Crippen molar-refractivity contribution in [3.63, 3.8) is 0 Å². The third-order valence-corrected chi connectivity index (χ3v) is 14.4. The van der Waals surface area contributed by atoms with Gasteiger partial charge in [-0.1, -0.05) is 19.2 Å². The maximum Gasteiger partial charge on any atom is 0.317 e. The van der Waals surface area contributed by atoms with Crippen LogP contribution in [0, 0.1) is 17.5 Å². The van der Waals surface area contributed by atoms with Crippen LogP contribution in [0.15, 0.2) is 52.1 Å². The fraction of sp³-hybridized carbons (Fsp3) is 0.343. The zero-order valence-corrected chi connectivity index (χ0v) is 28.1. The molecule has 0 radical (unpaired) electrons. The SMILES string of the molecule is C[Si]1(C)C2=CC(=[N+]3CCC3)C=CC2=C(c2c(F)c(SCC(=O)OC3C(=O)CCC3=O)c(F)c(F)c2C(=O)[O-])c2ccc(N3CCC3)cc21. The molecule has 2 aromatic rings. The molecule has 7 rings (SSSR count). The minimum Gasteiger partial charge on any atom is -0.545 e. The molecule has 248 valence electrons. The standard InChI is InChI=1S/C35H31F3N2O6SSi/c1-48(2)24-15-18(39-11-3-12-39)5-7-20(24)27(21-8-6-19(16-25(21)48)40-13-4-14-40)28-29(35(44)45)30(36)32(38)34(31(28)37)47-17-26(43)46-33-22(41)9-10-23(33)42/h5-8,15-16,33H,3-4,9-14,17H2,1-2H3. The number of carbonyl (C=O) groups is 4. The van der Waals surface area contributed by atoms with Crippen LogP contribution in [0.1, 0.15) is 47.2 Å². The summed E-state index contributed by atoms with van der Waals surface area (Å²) in [6, 6.07) is 5.71. The number of ether oxygens (including phenoxy) is 1. The normalized spacial score (nSPS) is 19.9. The molecule has 13 heteroatoms. The zero-order chi connectivity index (χ0) is 34.1. The number of hydrogen-bond acceptors (Lipinski definition) is 8. The number of nitrogens with zero attached hydrogens (tertiary/aromatic N) is 2. The predicted molar refractivity (Wildman–Crippen MR) is 174 cm³/mol. The van der Waals surface area contributed by atoms with Crippen molar-refractivity contribution in [1.29, 1.82) is 0 Å². The Bertz CT molecular complexity index is 1960. The van der Waals surface area contributed by atoms with Crippen LogP contribution < -0.4 is 15.2 Å². The van der Waals surface area contributed by atoms with Crippen LogP contribution in [-0.4, -0.2) is 79.9 Å². The van der Waals surface area contributed by atoms with Crippen molar-refractivity contribution in [3.8, 4) is 0 Å². The molecule has 8 nitrogen and oxygen atoms in total. The van der Waals surface area contributed by atoms with E-state index in [1.807, 2.05) is 24.3 Å². The van der Waals surface area contributed by atoms with Gasteiger partial charge < -0.3 is 19.5 Å². The Kier molecular flexibility index (Phi) is 8.10. The van der Waals surface area contributed by atoms with E-state index in [9.17, 15) is 24.3 Å². The summed E-state index contributed by atoms with van der Waals surface area (Å²) in [6.45, 7) is 7.85. The van der Waals surface area contributed by atoms with Crippen molar-refractivity contribution < 1.29 is 46.8 Å². The number of carbonyl (C=O) groups excluding carboxylic acids is 4. The van der Waals surface area contributed by atoms with E-state index in [4.69, 9.17) is 4.74 Å². The molecular formula is C35H31F3N2O6SSi. The minimum absolute atomic E-state index is 0.0767. The smallest absolute Gasteiger partial charge is 0.317 e. The summed E-state index contributed by atoms with van der Waals surface area (Å²) in [4.78, 5) is 50.2. The molecule has 0 atom stereocenters. The molecule has 1 saturated carbocycles. The highest BCUT2D eigenvalue weighted by atomic mass is 32.2. The molecule has 0 unspecified atom stereocenters. The second-order valence-electron chi connectivity index (χ2n) is 13.0. The lowest BCUT2D eigenvalue weighted by Gasteiger charge is -2.40. The first-order valence-electron chi connectivity index (χ1n) is 15.8. The van der Waals surface area contributed by atoms with E-state index in [0.717, 1.165) is 60.8 Å². The number of thioether (sulfide) groups is 1. The molecule has 3 heterocycles. The van der Waals surface area contributed by atoms with Gasteiger partial charge in [-0.3, -0.25) is 14.4 Å². The van der Waals surface area contributed by atoms with Gasteiger partial charge in [-0.2, -0.15) is 0 Å². The molecule has 0 aromatic heterocycles. The largest absolute Gasteiger partial charge is 0.545 e. The second-order valence-corrected chi connectivity index (χ2v) is 18.4. The molecule has 0 amide bonds. The quantitative estimate of drug-likeness (QED) is 0.109. The number of anilines is 1. The highest BCUT2D eigenvalue weighted by molar-refractivity contribution is 8.00. The summed E-state index contributed by atoms with van der Waals surface area (Å²) in [5.41, 5.74) is 1.14. The van der Waals surface area contributed by atoms with E-state index in [1.165, 1.54) is 0 Å². The maximum atomic E-state index is 16.8. The Balaban J connectivity index is 1.40. The van der Waals surface area contributed by atoms with Gasteiger partial charge in [0.25, 0.3) is 0 Å². The molecule has 2 aliphatic carbocycles. The molecule has 0 N–H and O–H groups in total. The third-order valence-electron chi connectivity index (χ3n) is 9.85. The van der Waals surface area contributed by atoms with Gasteiger partial charge in [0, 0.05) is 54.9 Å². The van der Waals surface area contributed by atoms with Gasteiger partial charge in [-0.25, -0.2) is 17.7 Å². The van der Waals surface area contributed by atoms with Crippen molar-refractivity contribution in [2.75, 3.05) is 36.8 Å². The molecule has 3 fully saturated rings. The van der Waals surface area contributed by atoms with E-state index in [-0.39, 0.29) is 30.2 Å². The maximum absolute atomic E-state index is 16.8. The van der Waals surface area contributed by atoms with E-state index in [0.29, 0.717) is 11.1 Å². The average molecular weight is 693 g/mol. The third kappa shape index (κ3) is 5.18. The topological polar surface area (TPSA) is 107 Å². The van der Waals surface area contributed by atoms with Crippen molar-refractivity contribution >= 4 is 65.5 Å². The Morgan fingerprint density at radius 3 is 2.33 bits per heavy atom. The van der Waals surface area contributed by atoms with Crippen molar-refractivity contribution in [2.24, 2.45) is 0 Å². The number of carboxylic acid groups (broad SMARTS) is 1. The number of hydrogen-bond donors (Lipinski definition) is 0. The highest BCUT2D eigenvalue weighted by Crippen LogP contribution is 2.46. The molecule has 2 saturated heterocycles. The Labute approximate surface area is 279 Å².